The monoisotopic (exact) mass is 335 g/mol. The number of benzene rings is 1. The Morgan fingerprint density at radius 1 is 1.25 bits per heavy atom. The summed E-state index contributed by atoms with van der Waals surface area (Å²) in [6.45, 7) is 2.32. The third-order valence-electron chi connectivity index (χ3n) is 4.89. The van der Waals surface area contributed by atoms with Crippen molar-refractivity contribution in [1.82, 2.24) is 0 Å². The molecule has 0 unspecified atom stereocenters. The van der Waals surface area contributed by atoms with Crippen LogP contribution in [0.4, 0.5) is 0 Å². The van der Waals surface area contributed by atoms with Crippen molar-refractivity contribution in [1.29, 1.82) is 0 Å². The molecule has 2 bridgehead atoms. The highest BCUT2D eigenvalue weighted by atomic mass is 16.5. The predicted octanol–water partition coefficient (Wildman–Crippen LogP) is 1.73. The van der Waals surface area contributed by atoms with Gasteiger partial charge < -0.3 is 20.7 Å². The average Bonchev–Trinajstić information content (AvgIpc) is 3.16. The van der Waals surface area contributed by atoms with E-state index in [0.717, 1.165) is 6.42 Å². The lowest BCUT2D eigenvalue weighted by atomic mass is 9.85. The van der Waals surface area contributed by atoms with Crippen molar-refractivity contribution in [3.63, 3.8) is 0 Å². The first-order valence-corrected chi connectivity index (χ1v) is 8.33. The predicted molar refractivity (Wildman–Crippen MR) is 88.0 cm³/mol. The van der Waals surface area contributed by atoms with E-state index in [-0.39, 0.29) is 17.9 Å². The van der Waals surface area contributed by atoms with Gasteiger partial charge in [0, 0.05) is 6.04 Å². The van der Waals surface area contributed by atoms with Gasteiger partial charge in [-0.15, -0.1) is 0 Å². The average molecular weight is 335 g/mol. The van der Waals surface area contributed by atoms with E-state index in [4.69, 9.17) is 20.7 Å². The largest absolute Gasteiger partial charge is 0.479 e. The van der Waals surface area contributed by atoms with Crippen molar-refractivity contribution >= 4 is 11.9 Å². The molecule has 1 aromatic carbocycles. The lowest BCUT2D eigenvalue weighted by Crippen LogP contribution is -2.41. The maximum atomic E-state index is 11.5. The van der Waals surface area contributed by atoms with Crippen molar-refractivity contribution in [2.24, 2.45) is 23.5 Å². The second kappa shape index (κ2) is 8.26. The van der Waals surface area contributed by atoms with E-state index in [9.17, 15) is 9.59 Å². The van der Waals surface area contributed by atoms with Gasteiger partial charge in [0.2, 0.25) is 0 Å². The molecule has 2 fully saturated rings. The second-order valence-corrected chi connectivity index (χ2v) is 6.34. The lowest BCUT2D eigenvalue weighted by molar-refractivity contribution is -0.150. The summed E-state index contributed by atoms with van der Waals surface area (Å²) in [4.78, 5) is 21.8. The van der Waals surface area contributed by atoms with E-state index >= 15 is 0 Å². The van der Waals surface area contributed by atoms with Crippen molar-refractivity contribution in [3.8, 4) is 0 Å². The number of ether oxygens (including phenoxy) is 1. The van der Waals surface area contributed by atoms with Crippen molar-refractivity contribution < 1.29 is 24.5 Å². The molecule has 1 aromatic rings. The van der Waals surface area contributed by atoms with Gasteiger partial charge in [-0.3, -0.25) is 4.79 Å². The van der Waals surface area contributed by atoms with Crippen LogP contribution in [0, 0.1) is 17.8 Å². The number of rotatable bonds is 4. The van der Waals surface area contributed by atoms with Gasteiger partial charge in [0.15, 0.2) is 6.10 Å². The molecule has 0 amide bonds. The number of carboxylic acid groups (broad SMARTS) is 1. The molecule has 6 heteroatoms. The molecule has 0 saturated heterocycles. The van der Waals surface area contributed by atoms with Gasteiger partial charge in [0.1, 0.15) is 0 Å². The fraction of sp³-hybridized carbons (Fsp3) is 0.556. The first-order valence-electron chi connectivity index (χ1n) is 8.33. The lowest BCUT2D eigenvalue weighted by Gasteiger charge is -2.25. The van der Waals surface area contributed by atoms with Crippen LogP contribution in [0.2, 0.25) is 0 Å². The van der Waals surface area contributed by atoms with Gasteiger partial charge in [-0.25, -0.2) is 4.79 Å². The summed E-state index contributed by atoms with van der Waals surface area (Å²) in [5.41, 5.74) is 6.40. The molecule has 2 aliphatic rings. The van der Waals surface area contributed by atoms with Gasteiger partial charge in [-0.05, 0) is 43.6 Å². The van der Waals surface area contributed by atoms with Crippen LogP contribution < -0.4 is 5.73 Å². The first-order chi connectivity index (χ1) is 11.5. The highest BCUT2D eigenvalue weighted by molar-refractivity contribution is 5.74. The van der Waals surface area contributed by atoms with Crippen LogP contribution in [0.3, 0.4) is 0 Å². The summed E-state index contributed by atoms with van der Waals surface area (Å²) in [5.74, 6) is -0.199. The number of aliphatic hydroxyl groups is 1. The quantitative estimate of drug-likeness (QED) is 0.723. The van der Waals surface area contributed by atoms with Crippen LogP contribution in [0.15, 0.2) is 30.3 Å². The molecule has 5 atom stereocenters. The Morgan fingerprint density at radius 2 is 1.88 bits per heavy atom. The number of esters is 1. The van der Waals surface area contributed by atoms with Crippen LogP contribution in [-0.2, 0) is 14.3 Å². The molecular weight excluding hydrogens is 310 g/mol. The Morgan fingerprint density at radius 3 is 2.38 bits per heavy atom. The minimum Gasteiger partial charge on any atom is -0.479 e. The van der Waals surface area contributed by atoms with Crippen LogP contribution in [0.1, 0.15) is 37.9 Å². The maximum absolute atomic E-state index is 11.5. The fourth-order valence-corrected chi connectivity index (χ4v) is 3.70. The van der Waals surface area contributed by atoms with Gasteiger partial charge in [0.05, 0.1) is 12.5 Å². The van der Waals surface area contributed by atoms with Gasteiger partial charge >= 0.3 is 11.9 Å². The molecule has 4 N–H and O–H groups in total. The summed E-state index contributed by atoms with van der Waals surface area (Å²) in [5, 5.41) is 17.4. The minimum absolute atomic E-state index is 0.00120. The Kier molecular flexibility index (Phi) is 6.34. The minimum atomic E-state index is -1.41. The SMILES string of the molecule is CCOC(=O)[C@@H]1[C@H]2CC[C@H](C2)[C@@H]1N.O=C(O)[C@@H](O)c1ccccc1. The molecule has 0 spiro atoms. The highest BCUT2D eigenvalue weighted by Crippen LogP contribution is 2.47. The number of hydrogen-bond donors (Lipinski definition) is 3. The number of aliphatic hydroxyl groups excluding tert-OH is 1. The highest BCUT2D eigenvalue weighted by Gasteiger charge is 2.49. The van der Waals surface area contributed by atoms with Gasteiger partial charge in [-0.2, -0.15) is 0 Å². The van der Waals surface area contributed by atoms with Gasteiger partial charge in [-0.1, -0.05) is 30.3 Å². The van der Waals surface area contributed by atoms with E-state index in [1.54, 1.807) is 30.3 Å². The number of fused-ring (bicyclic) bond motifs is 2. The third-order valence-corrected chi connectivity index (χ3v) is 4.89. The third kappa shape index (κ3) is 4.13. The van der Waals surface area contributed by atoms with E-state index in [2.05, 4.69) is 0 Å². The molecule has 0 aromatic heterocycles. The van der Waals surface area contributed by atoms with Crippen molar-refractivity contribution in [2.75, 3.05) is 6.61 Å². The van der Waals surface area contributed by atoms with E-state index in [1.165, 1.54) is 12.8 Å². The number of carbonyl (C=O) groups is 2. The van der Waals surface area contributed by atoms with Crippen molar-refractivity contribution in [2.45, 2.75) is 38.3 Å². The van der Waals surface area contributed by atoms with E-state index in [0.29, 0.717) is 24.0 Å². The van der Waals surface area contributed by atoms with Gasteiger partial charge in [0.25, 0.3) is 0 Å². The van der Waals surface area contributed by atoms with Crippen LogP contribution >= 0.6 is 0 Å². The molecule has 6 nitrogen and oxygen atoms in total. The van der Waals surface area contributed by atoms with Crippen LogP contribution in [0.25, 0.3) is 0 Å². The molecule has 0 radical (unpaired) electrons. The van der Waals surface area contributed by atoms with E-state index < -0.39 is 12.1 Å². The summed E-state index contributed by atoms with van der Waals surface area (Å²) in [6.07, 6.45) is 2.12. The Hall–Kier alpha value is -1.92. The molecule has 132 valence electrons. The number of nitrogens with two attached hydrogens (primary N) is 1. The number of carbonyl (C=O) groups excluding carboxylic acids is 1. The zero-order valence-corrected chi connectivity index (χ0v) is 13.8. The number of aliphatic carboxylic acids is 1. The van der Waals surface area contributed by atoms with Crippen molar-refractivity contribution in [3.05, 3.63) is 35.9 Å². The Labute approximate surface area is 141 Å². The summed E-state index contributed by atoms with van der Waals surface area (Å²) in [6, 6.07) is 8.33. The first kappa shape index (κ1) is 18.4. The maximum Gasteiger partial charge on any atom is 0.337 e. The summed E-state index contributed by atoms with van der Waals surface area (Å²) < 4.78 is 5.03. The zero-order chi connectivity index (χ0) is 17.7. The summed E-state index contributed by atoms with van der Waals surface area (Å²) >= 11 is 0. The molecule has 24 heavy (non-hydrogen) atoms. The number of carboxylic acids is 1. The Bertz CT molecular complexity index is 560. The number of hydrogen-bond acceptors (Lipinski definition) is 5. The smallest absolute Gasteiger partial charge is 0.337 e. The molecule has 2 aliphatic carbocycles. The molecule has 0 heterocycles. The van der Waals surface area contributed by atoms with E-state index in [1.807, 2.05) is 6.92 Å². The van der Waals surface area contributed by atoms with Crippen LogP contribution in [0.5, 0.6) is 0 Å². The normalized spacial score (nSPS) is 28.6. The fourth-order valence-electron chi connectivity index (χ4n) is 3.70. The Balaban J connectivity index is 0.000000177. The van der Waals surface area contributed by atoms with Crippen LogP contribution in [-0.4, -0.2) is 34.8 Å². The summed E-state index contributed by atoms with van der Waals surface area (Å²) in [7, 11) is 0. The molecule has 2 saturated carbocycles. The second-order valence-electron chi connectivity index (χ2n) is 6.34. The topological polar surface area (TPSA) is 110 Å². The zero-order valence-electron chi connectivity index (χ0n) is 13.8. The molecule has 0 aliphatic heterocycles. The molecular formula is C18H25NO5. The standard InChI is InChI=1S/C10H17NO2.C8H8O3/c1-2-13-10(12)8-6-3-4-7(5-6)9(8)11;9-7(8(10)11)6-4-2-1-3-5-6/h6-9H,2-5,11H2,1H3;1-5,7,9H,(H,10,11)/t6-,7+,8+,9-;7-/m00/s1. The molecule has 3 rings (SSSR count).